The summed E-state index contributed by atoms with van der Waals surface area (Å²) in [6.07, 6.45) is 2.02. The van der Waals surface area contributed by atoms with Crippen molar-refractivity contribution >= 4 is 17.5 Å². The molecular formula is C23H29ClN2O. The highest BCUT2D eigenvalue weighted by molar-refractivity contribution is 6.31. The van der Waals surface area contributed by atoms with Gasteiger partial charge in [0.15, 0.2) is 0 Å². The first-order valence-corrected chi connectivity index (χ1v) is 10.2. The van der Waals surface area contributed by atoms with Crippen LogP contribution in [0.1, 0.15) is 37.8 Å². The first kappa shape index (κ1) is 19.9. The van der Waals surface area contributed by atoms with Crippen molar-refractivity contribution in [1.82, 2.24) is 10.2 Å². The topological polar surface area (TPSA) is 32.3 Å². The maximum atomic E-state index is 12.5. The van der Waals surface area contributed by atoms with Gasteiger partial charge in [-0.25, -0.2) is 0 Å². The first-order valence-electron chi connectivity index (χ1n) is 9.81. The lowest BCUT2D eigenvalue weighted by atomic mass is 10.0. The average molecular weight is 385 g/mol. The van der Waals surface area contributed by atoms with E-state index in [2.05, 4.69) is 60.5 Å². The summed E-state index contributed by atoms with van der Waals surface area (Å²) in [5.41, 5.74) is 4.60. The van der Waals surface area contributed by atoms with Crippen LogP contribution in [0.25, 0.3) is 11.1 Å². The molecule has 0 saturated carbocycles. The van der Waals surface area contributed by atoms with Crippen LogP contribution >= 0.6 is 11.6 Å². The van der Waals surface area contributed by atoms with Gasteiger partial charge in [0.2, 0.25) is 5.91 Å². The maximum absolute atomic E-state index is 12.5. The molecule has 144 valence electrons. The number of carbonyl (C=O) groups is 1. The molecule has 1 unspecified atom stereocenters. The van der Waals surface area contributed by atoms with E-state index >= 15 is 0 Å². The summed E-state index contributed by atoms with van der Waals surface area (Å²) >= 11 is 6.29. The van der Waals surface area contributed by atoms with Gasteiger partial charge in [0.05, 0.1) is 6.04 Å². The molecule has 0 radical (unpaired) electrons. The maximum Gasteiger partial charge on any atom is 0.237 e. The zero-order valence-electron chi connectivity index (χ0n) is 16.5. The molecule has 1 fully saturated rings. The minimum absolute atomic E-state index is 0.0128. The molecule has 1 aliphatic heterocycles. The molecule has 0 spiro atoms. The largest absolute Gasteiger partial charge is 0.354 e. The number of nitrogens with one attached hydrogen (secondary N) is 1. The van der Waals surface area contributed by atoms with Gasteiger partial charge in [-0.2, -0.15) is 0 Å². The van der Waals surface area contributed by atoms with Crippen LogP contribution in [-0.4, -0.2) is 29.9 Å². The van der Waals surface area contributed by atoms with E-state index < -0.39 is 0 Å². The Balaban J connectivity index is 1.71. The summed E-state index contributed by atoms with van der Waals surface area (Å²) in [4.78, 5) is 14.8. The van der Waals surface area contributed by atoms with Gasteiger partial charge in [-0.1, -0.05) is 55.8 Å². The number of amides is 1. The van der Waals surface area contributed by atoms with Crippen molar-refractivity contribution in [2.45, 2.75) is 46.2 Å². The number of carbonyl (C=O) groups excluding carboxylic acids is 1. The van der Waals surface area contributed by atoms with Crippen molar-refractivity contribution in [3.63, 3.8) is 0 Å². The Morgan fingerprint density at radius 3 is 2.74 bits per heavy atom. The lowest BCUT2D eigenvalue weighted by Gasteiger charge is -2.24. The van der Waals surface area contributed by atoms with Gasteiger partial charge in [-0.15, -0.1) is 0 Å². The molecule has 0 aromatic heterocycles. The van der Waals surface area contributed by atoms with E-state index in [0.717, 1.165) is 54.2 Å². The predicted molar refractivity (Wildman–Crippen MR) is 113 cm³/mol. The number of hydrogen-bond acceptors (Lipinski definition) is 2. The van der Waals surface area contributed by atoms with Crippen LogP contribution in [-0.2, 0) is 11.3 Å². The lowest BCUT2D eigenvalue weighted by Crippen LogP contribution is -2.43. The smallest absolute Gasteiger partial charge is 0.237 e. The van der Waals surface area contributed by atoms with E-state index in [1.807, 2.05) is 13.0 Å². The monoisotopic (exact) mass is 384 g/mol. The van der Waals surface area contributed by atoms with Crippen LogP contribution in [0, 0.1) is 12.8 Å². The van der Waals surface area contributed by atoms with E-state index in [4.69, 9.17) is 11.6 Å². The summed E-state index contributed by atoms with van der Waals surface area (Å²) in [6.45, 7) is 8.77. The molecule has 1 atom stereocenters. The van der Waals surface area contributed by atoms with E-state index in [9.17, 15) is 4.79 Å². The summed E-state index contributed by atoms with van der Waals surface area (Å²) in [6, 6.07) is 14.7. The fourth-order valence-electron chi connectivity index (χ4n) is 3.59. The van der Waals surface area contributed by atoms with Crippen LogP contribution < -0.4 is 5.32 Å². The lowest BCUT2D eigenvalue weighted by molar-refractivity contribution is -0.125. The Labute approximate surface area is 167 Å². The summed E-state index contributed by atoms with van der Waals surface area (Å²) in [5, 5.41) is 3.88. The molecule has 1 amide bonds. The van der Waals surface area contributed by atoms with Crippen molar-refractivity contribution in [3.8, 4) is 11.1 Å². The number of hydrogen-bond donors (Lipinski definition) is 1. The van der Waals surface area contributed by atoms with E-state index in [-0.39, 0.29) is 11.9 Å². The van der Waals surface area contributed by atoms with Crippen molar-refractivity contribution in [2.75, 3.05) is 13.1 Å². The van der Waals surface area contributed by atoms with Crippen LogP contribution in [0.3, 0.4) is 0 Å². The SMILES string of the molecule is Cc1ccc(-c2cccc(CN3CCCC3C(=O)NCC(C)C)c2)cc1Cl. The minimum atomic E-state index is -0.0128. The normalized spacial score (nSPS) is 17.4. The van der Waals surface area contributed by atoms with E-state index in [1.54, 1.807) is 0 Å². The molecule has 3 nitrogen and oxygen atoms in total. The quantitative estimate of drug-likeness (QED) is 0.755. The molecule has 1 aliphatic rings. The number of rotatable bonds is 6. The van der Waals surface area contributed by atoms with Crippen molar-refractivity contribution < 1.29 is 4.79 Å². The van der Waals surface area contributed by atoms with Gasteiger partial charge in [-0.05, 0) is 66.6 Å². The highest BCUT2D eigenvalue weighted by Crippen LogP contribution is 2.27. The summed E-state index contributed by atoms with van der Waals surface area (Å²) < 4.78 is 0. The first-order chi connectivity index (χ1) is 12.9. The van der Waals surface area contributed by atoms with Crippen LogP contribution in [0.2, 0.25) is 5.02 Å². The molecule has 0 aliphatic carbocycles. The molecule has 1 saturated heterocycles. The number of likely N-dealkylation sites (tertiary alicyclic amines) is 1. The van der Waals surface area contributed by atoms with Gasteiger partial charge in [0.1, 0.15) is 0 Å². The fraction of sp³-hybridized carbons (Fsp3) is 0.435. The molecule has 4 heteroatoms. The molecule has 0 bridgehead atoms. The molecule has 2 aromatic carbocycles. The van der Waals surface area contributed by atoms with Gasteiger partial charge in [0, 0.05) is 18.1 Å². The van der Waals surface area contributed by atoms with Gasteiger partial charge in [0.25, 0.3) is 0 Å². The van der Waals surface area contributed by atoms with Gasteiger partial charge in [-0.3, -0.25) is 9.69 Å². The Morgan fingerprint density at radius 2 is 2.00 bits per heavy atom. The van der Waals surface area contributed by atoms with Crippen molar-refractivity contribution in [1.29, 1.82) is 0 Å². The Bertz CT molecular complexity index is 803. The third-order valence-electron chi connectivity index (χ3n) is 5.17. The summed E-state index contributed by atoms with van der Waals surface area (Å²) in [5.74, 6) is 0.643. The zero-order valence-corrected chi connectivity index (χ0v) is 17.2. The van der Waals surface area contributed by atoms with E-state index in [1.165, 1.54) is 5.56 Å². The zero-order chi connectivity index (χ0) is 19.4. The van der Waals surface area contributed by atoms with Gasteiger partial charge < -0.3 is 5.32 Å². The average Bonchev–Trinajstić information content (AvgIpc) is 3.10. The molecule has 27 heavy (non-hydrogen) atoms. The Kier molecular flexibility index (Phi) is 6.56. The fourth-order valence-corrected chi connectivity index (χ4v) is 3.77. The Hall–Kier alpha value is -1.84. The predicted octanol–water partition coefficient (Wildman–Crippen LogP) is 5.05. The molecule has 2 aromatic rings. The molecule has 1 N–H and O–H groups in total. The highest BCUT2D eigenvalue weighted by Gasteiger charge is 2.30. The second-order valence-corrected chi connectivity index (χ2v) is 8.34. The minimum Gasteiger partial charge on any atom is -0.354 e. The summed E-state index contributed by atoms with van der Waals surface area (Å²) in [7, 11) is 0. The van der Waals surface area contributed by atoms with Crippen LogP contribution in [0.4, 0.5) is 0 Å². The Morgan fingerprint density at radius 1 is 1.22 bits per heavy atom. The standard InChI is InChI=1S/C23H29ClN2O/c1-16(2)14-25-23(27)22-8-5-11-26(22)15-18-6-4-7-19(12-18)20-10-9-17(3)21(24)13-20/h4,6-7,9-10,12-13,16,22H,5,8,11,14-15H2,1-3H3,(H,25,27). The van der Waals surface area contributed by atoms with Crippen molar-refractivity contribution in [2.24, 2.45) is 5.92 Å². The van der Waals surface area contributed by atoms with Crippen LogP contribution in [0.5, 0.6) is 0 Å². The second kappa shape index (κ2) is 8.90. The second-order valence-electron chi connectivity index (χ2n) is 7.93. The number of benzene rings is 2. The van der Waals surface area contributed by atoms with Crippen LogP contribution in [0.15, 0.2) is 42.5 Å². The number of nitrogens with zero attached hydrogens (tertiary/aromatic N) is 1. The highest BCUT2D eigenvalue weighted by atomic mass is 35.5. The molecule has 3 rings (SSSR count). The molecular weight excluding hydrogens is 356 g/mol. The third kappa shape index (κ3) is 5.12. The number of aryl methyl sites for hydroxylation is 1. The van der Waals surface area contributed by atoms with Gasteiger partial charge >= 0.3 is 0 Å². The molecule has 1 heterocycles. The van der Waals surface area contributed by atoms with E-state index in [0.29, 0.717) is 5.92 Å². The third-order valence-corrected chi connectivity index (χ3v) is 5.58. The number of halogens is 1. The van der Waals surface area contributed by atoms with Crippen molar-refractivity contribution in [3.05, 3.63) is 58.6 Å².